The zero-order valence-corrected chi connectivity index (χ0v) is 12.2. The summed E-state index contributed by atoms with van der Waals surface area (Å²) in [5, 5.41) is 2.58. The maximum absolute atomic E-state index is 12.0. The SMILES string of the molecule is CCCCCC(=O)Nc1ccc(N2C(=O)C=CC2=O)c(=O)[nH]1. The van der Waals surface area contributed by atoms with E-state index in [0.717, 1.165) is 36.3 Å². The predicted molar refractivity (Wildman–Crippen MR) is 81.5 cm³/mol. The summed E-state index contributed by atoms with van der Waals surface area (Å²) < 4.78 is 0. The van der Waals surface area contributed by atoms with E-state index in [4.69, 9.17) is 0 Å². The molecule has 0 spiro atoms. The number of nitrogens with one attached hydrogen (secondary N) is 2. The lowest BCUT2D eigenvalue weighted by Gasteiger charge is -2.13. The van der Waals surface area contributed by atoms with Crippen LogP contribution < -0.4 is 15.8 Å². The molecule has 116 valence electrons. The van der Waals surface area contributed by atoms with Crippen molar-refractivity contribution in [1.29, 1.82) is 0 Å². The number of hydrogen-bond acceptors (Lipinski definition) is 4. The third-order valence-electron chi connectivity index (χ3n) is 3.22. The van der Waals surface area contributed by atoms with Gasteiger partial charge in [-0.05, 0) is 18.6 Å². The highest BCUT2D eigenvalue weighted by molar-refractivity contribution is 6.28. The molecule has 3 amide bonds. The fraction of sp³-hybridized carbons (Fsp3) is 0.333. The molecule has 1 aromatic heterocycles. The molecule has 1 aliphatic heterocycles. The van der Waals surface area contributed by atoms with E-state index in [1.165, 1.54) is 12.1 Å². The van der Waals surface area contributed by atoms with Crippen molar-refractivity contribution < 1.29 is 14.4 Å². The number of unbranched alkanes of at least 4 members (excludes halogenated alkanes) is 2. The van der Waals surface area contributed by atoms with Gasteiger partial charge in [0.15, 0.2) is 0 Å². The molecule has 0 unspecified atom stereocenters. The van der Waals surface area contributed by atoms with E-state index in [-0.39, 0.29) is 17.4 Å². The Kier molecular flexibility index (Phi) is 4.88. The highest BCUT2D eigenvalue weighted by Crippen LogP contribution is 2.15. The van der Waals surface area contributed by atoms with Crippen LogP contribution >= 0.6 is 0 Å². The number of imide groups is 1. The third kappa shape index (κ3) is 3.49. The monoisotopic (exact) mass is 303 g/mol. The molecule has 2 N–H and O–H groups in total. The Morgan fingerprint density at radius 3 is 2.41 bits per heavy atom. The van der Waals surface area contributed by atoms with E-state index in [1.54, 1.807) is 0 Å². The first-order valence-electron chi connectivity index (χ1n) is 7.12. The Bertz CT molecular complexity index is 672. The Hall–Kier alpha value is -2.70. The molecule has 1 aromatic rings. The van der Waals surface area contributed by atoms with E-state index in [1.807, 2.05) is 6.92 Å². The van der Waals surface area contributed by atoms with Gasteiger partial charge < -0.3 is 10.3 Å². The van der Waals surface area contributed by atoms with E-state index in [9.17, 15) is 19.2 Å². The molecule has 0 radical (unpaired) electrons. The smallest absolute Gasteiger partial charge is 0.273 e. The topological polar surface area (TPSA) is 99.3 Å². The van der Waals surface area contributed by atoms with Gasteiger partial charge in [-0.15, -0.1) is 0 Å². The zero-order chi connectivity index (χ0) is 16.1. The molecule has 0 bridgehead atoms. The number of anilines is 2. The van der Waals surface area contributed by atoms with Gasteiger partial charge in [-0.25, -0.2) is 4.90 Å². The Balaban J connectivity index is 2.07. The molecule has 0 fully saturated rings. The second-order valence-corrected chi connectivity index (χ2v) is 4.94. The van der Waals surface area contributed by atoms with Crippen molar-refractivity contribution in [2.75, 3.05) is 10.2 Å². The minimum absolute atomic E-state index is 0.0658. The zero-order valence-electron chi connectivity index (χ0n) is 12.2. The van der Waals surface area contributed by atoms with Crippen molar-refractivity contribution >= 4 is 29.2 Å². The number of amides is 3. The summed E-state index contributed by atoms with van der Waals surface area (Å²) in [6.45, 7) is 2.05. The van der Waals surface area contributed by atoms with Crippen molar-refractivity contribution in [2.24, 2.45) is 0 Å². The molecular formula is C15H17N3O4. The third-order valence-corrected chi connectivity index (χ3v) is 3.22. The number of rotatable bonds is 6. The number of carbonyl (C=O) groups excluding carboxylic acids is 3. The van der Waals surface area contributed by atoms with Crippen molar-refractivity contribution in [1.82, 2.24) is 4.98 Å². The Morgan fingerprint density at radius 2 is 1.82 bits per heavy atom. The van der Waals surface area contributed by atoms with Gasteiger partial charge in [0.05, 0.1) is 0 Å². The van der Waals surface area contributed by atoms with Gasteiger partial charge in [0, 0.05) is 18.6 Å². The number of nitrogens with zero attached hydrogens (tertiary/aromatic N) is 1. The number of aromatic nitrogens is 1. The van der Waals surface area contributed by atoms with Crippen LogP contribution in [0.3, 0.4) is 0 Å². The van der Waals surface area contributed by atoms with Gasteiger partial charge in [-0.2, -0.15) is 0 Å². The second kappa shape index (κ2) is 6.84. The van der Waals surface area contributed by atoms with E-state index >= 15 is 0 Å². The number of hydrogen-bond donors (Lipinski definition) is 2. The van der Waals surface area contributed by atoms with Gasteiger partial charge in [-0.1, -0.05) is 19.8 Å². The summed E-state index contributed by atoms with van der Waals surface area (Å²) >= 11 is 0. The molecule has 2 heterocycles. The van der Waals surface area contributed by atoms with Crippen LogP contribution in [0.15, 0.2) is 29.1 Å². The minimum atomic E-state index is -0.614. The van der Waals surface area contributed by atoms with E-state index in [2.05, 4.69) is 10.3 Å². The number of H-pyrrole nitrogens is 1. The van der Waals surface area contributed by atoms with Crippen LogP contribution in [0, 0.1) is 0 Å². The lowest BCUT2D eigenvalue weighted by Crippen LogP contribution is -2.34. The molecule has 0 saturated carbocycles. The van der Waals surface area contributed by atoms with Crippen LogP contribution in [-0.2, 0) is 14.4 Å². The fourth-order valence-electron chi connectivity index (χ4n) is 2.10. The average molecular weight is 303 g/mol. The van der Waals surface area contributed by atoms with Gasteiger partial charge in [0.1, 0.15) is 11.5 Å². The van der Waals surface area contributed by atoms with Crippen molar-refractivity contribution in [3.8, 4) is 0 Å². The van der Waals surface area contributed by atoms with Crippen LogP contribution in [0.2, 0.25) is 0 Å². The standard InChI is InChI=1S/C15H17N3O4/c1-2-3-4-5-12(19)16-11-7-6-10(15(22)17-11)18-13(20)8-9-14(18)21/h6-9H,2-5H2,1H3,(H2,16,17,19,22). The summed E-state index contributed by atoms with van der Waals surface area (Å²) in [6.07, 6.45) is 5.36. The predicted octanol–water partition coefficient (Wildman–Crippen LogP) is 1.32. The molecule has 1 aliphatic rings. The molecule has 7 nitrogen and oxygen atoms in total. The largest absolute Gasteiger partial charge is 0.312 e. The van der Waals surface area contributed by atoms with Gasteiger partial charge in [-0.3, -0.25) is 19.2 Å². The highest BCUT2D eigenvalue weighted by atomic mass is 16.2. The number of pyridine rings is 1. The second-order valence-electron chi connectivity index (χ2n) is 4.94. The molecule has 2 rings (SSSR count). The maximum Gasteiger partial charge on any atom is 0.273 e. The molecule has 0 aliphatic carbocycles. The average Bonchev–Trinajstić information content (AvgIpc) is 2.79. The molecule has 7 heteroatoms. The first-order valence-corrected chi connectivity index (χ1v) is 7.12. The number of carbonyl (C=O) groups is 3. The van der Waals surface area contributed by atoms with Crippen LogP contribution in [0.1, 0.15) is 32.6 Å². The minimum Gasteiger partial charge on any atom is -0.312 e. The molecule has 0 atom stereocenters. The molecule has 22 heavy (non-hydrogen) atoms. The quantitative estimate of drug-likeness (QED) is 0.611. The van der Waals surface area contributed by atoms with Crippen LogP contribution in [0.5, 0.6) is 0 Å². The van der Waals surface area contributed by atoms with Crippen LogP contribution in [0.4, 0.5) is 11.5 Å². The van der Waals surface area contributed by atoms with Crippen molar-refractivity contribution in [3.63, 3.8) is 0 Å². The molecule has 0 saturated heterocycles. The summed E-state index contributed by atoms with van der Waals surface area (Å²) in [6, 6.07) is 2.79. The summed E-state index contributed by atoms with van der Waals surface area (Å²) in [4.78, 5) is 50.0. The van der Waals surface area contributed by atoms with Crippen molar-refractivity contribution in [3.05, 3.63) is 34.6 Å². The Labute approximate surface area is 127 Å². The van der Waals surface area contributed by atoms with Crippen molar-refractivity contribution in [2.45, 2.75) is 32.6 Å². The summed E-state index contributed by atoms with van der Waals surface area (Å²) in [5.41, 5.74) is -0.680. The molecular weight excluding hydrogens is 286 g/mol. The first kappa shape index (κ1) is 15.7. The summed E-state index contributed by atoms with van der Waals surface area (Å²) in [7, 11) is 0. The van der Waals surface area contributed by atoms with Gasteiger partial charge in [0.25, 0.3) is 17.4 Å². The van der Waals surface area contributed by atoms with E-state index in [0.29, 0.717) is 6.42 Å². The lowest BCUT2D eigenvalue weighted by molar-refractivity contribution is -0.120. The summed E-state index contributed by atoms with van der Waals surface area (Å²) in [5.74, 6) is -1.08. The number of aromatic amines is 1. The van der Waals surface area contributed by atoms with E-state index < -0.39 is 17.4 Å². The Morgan fingerprint density at radius 1 is 1.14 bits per heavy atom. The highest BCUT2D eigenvalue weighted by Gasteiger charge is 2.27. The fourth-order valence-corrected chi connectivity index (χ4v) is 2.10. The first-order chi connectivity index (χ1) is 10.5. The van der Waals surface area contributed by atoms with Crippen LogP contribution in [0.25, 0.3) is 0 Å². The van der Waals surface area contributed by atoms with Gasteiger partial charge in [0.2, 0.25) is 5.91 Å². The lowest BCUT2D eigenvalue weighted by atomic mass is 10.2. The molecule has 0 aromatic carbocycles. The van der Waals surface area contributed by atoms with Gasteiger partial charge >= 0.3 is 0 Å². The van der Waals surface area contributed by atoms with Crippen LogP contribution in [-0.4, -0.2) is 22.7 Å². The normalized spacial score (nSPS) is 13.8. The maximum atomic E-state index is 12.0.